The van der Waals surface area contributed by atoms with E-state index in [9.17, 15) is 52.7 Å². The first-order chi connectivity index (χ1) is 27.0. The van der Waals surface area contributed by atoms with Gasteiger partial charge in [0, 0.05) is 5.56 Å². The number of aromatic hydroxyl groups is 1. The highest BCUT2D eigenvalue weighted by Gasteiger charge is 2.52. The molecule has 2 nitrogen and oxygen atoms in total. The monoisotopic (exact) mass is 871 g/mol. The summed E-state index contributed by atoms with van der Waals surface area (Å²) in [5.74, 6) is -71.1. The highest BCUT2D eigenvalue weighted by atomic mass is 32.1. The van der Waals surface area contributed by atoms with Gasteiger partial charge in [-0.05, 0) is 24.3 Å². The van der Waals surface area contributed by atoms with Crippen LogP contribution in [0.2, 0.25) is 0 Å². The smallest absolute Gasteiger partial charge is 0.224 e. The van der Waals surface area contributed by atoms with Gasteiger partial charge in [0.15, 0.2) is 82.5 Å². The molecule has 6 aromatic rings. The predicted molar refractivity (Wildman–Crippen MR) is 161 cm³/mol. The topological polar surface area (TPSA) is 24.1 Å². The van der Waals surface area contributed by atoms with Crippen molar-refractivity contribution in [1.29, 1.82) is 0 Å². The summed E-state index contributed by atoms with van der Waals surface area (Å²) in [5, 5.41) is 11.1. The average molecular weight is 871 g/mol. The number of thiazole rings is 1. The third-order valence-electron chi connectivity index (χ3n) is 8.54. The Hall–Kier alpha value is -5.81. The van der Waals surface area contributed by atoms with Gasteiger partial charge in [-0.3, -0.25) is 0 Å². The highest BCUT2D eigenvalue weighted by Crippen LogP contribution is 2.30. The standard InChI is InChI=1S/C24BF20.C10H9NOS/c26-5-1(6(27)14(35)21(42)13(5)34)25(2-7(28)15(36)22(43)16(37)8(2)29,3-9(30)17(38)23(44)18(39)10(3)31)4-11(32)19(40)24(45)20(41)12(4)33;12-10-3-1-9(2-4-10)7-11-5-6-13-8-11/h;1-6,8H,7H2/q-1;/p+1. The molecule has 1 aromatic heterocycles. The quantitative estimate of drug-likeness (QED) is 0.0602. The molecule has 24 heteroatoms. The second-order valence-electron chi connectivity index (χ2n) is 11.7. The van der Waals surface area contributed by atoms with E-state index in [1.165, 1.54) is 5.56 Å². The Kier molecular flexibility index (Phi) is 11.8. The van der Waals surface area contributed by atoms with E-state index in [1.807, 2.05) is 23.7 Å². The van der Waals surface area contributed by atoms with Crippen LogP contribution in [-0.2, 0) is 6.54 Å². The minimum absolute atomic E-state index is 0.319. The number of rotatable bonds is 6. The van der Waals surface area contributed by atoms with Crippen LogP contribution in [0.4, 0.5) is 87.8 Å². The lowest BCUT2D eigenvalue weighted by molar-refractivity contribution is -0.683. The summed E-state index contributed by atoms with van der Waals surface area (Å²) in [6.07, 6.45) is -5.18. The summed E-state index contributed by atoms with van der Waals surface area (Å²) in [6, 6.07) is 7.28. The van der Waals surface area contributed by atoms with E-state index in [0.29, 0.717) is 5.75 Å². The average Bonchev–Trinajstić information content (AvgIpc) is 3.72. The fraction of sp³-hybridized carbons (Fsp3) is 0.0294. The first-order valence-corrected chi connectivity index (χ1v) is 15.9. The summed E-state index contributed by atoms with van der Waals surface area (Å²) in [6.45, 7) is 0.865. The Labute approximate surface area is 312 Å². The number of phenols is 1. The van der Waals surface area contributed by atoms with Gasteiger partial charge in [0.25, 0.3) is 0 Å². The molecular weight excluding hydrogens is 861 g/mol. The van der Waals surface area contributed by atoms with E-state index in [2.05, 4.69) is 10.1 Å². The molecule has 0 aliphatic heterocycles. The minimum atomic E-state index is -7.22. The van der Waals surface area contributed by atoms with Gasteiger partial charge in [-0.2, -0.15) is 4.57 Å². The van der Waals surface area contributed by atoms with Crippen molar-refractivity contribution in [2.75, 3.05) is 0 Å². The number of hydrogen-bond donors (Lipinski definition) is 1. The van der Waals surface area contributed by atoms with Crippen molar-refractivity contribution in [3.05, 3.63) is 163 Å². The Morgan fingerprint density at radius 2 is 0.621 bits per heavy atom. The second-order valence-corrected chi connectivity index (χ2v) is 12.4. The summed E-state index contributed by atoms with van der Waals surface area (Å²) < 4.78 is 296. The fourth-order valence-corrected chi connectivity index (χ4v) is 6.64. The first kappa shape index (κ1) is 43.3. The van der Waals surface area contributed by atoms with Crippen LogP contribution in [-0.4, -0.2) is 11.3 Å². The lowest BCUT2D eigenvalue weighted by atomic mass is 9.12. The molecule has 0 atom stereocenters. The summed E-state index contributed by atoms with van der Waals surface area (Å²) >= 11 is 1.68. The predicted octanol–water partition coefficient (Wildman–Crippen LogP) is 7.64. The molecule has 0 saturated carbocycles. The zero-order valence-corrected chi connectivity index (χ0v) is 28.0. The van der Waals surface area contributed by atoms with Crippen LogP contribution < -0.4 is 26.4 Å². The molecule has 6 rings (SSSR count). The third kappa shape index (κ3) is 6.65. The zero-order valence-electron chi connectivity index (χ0n) is 27.2. The molecule has 0 aliphatic carbocycles. The second kappa shape index (κ2) is 15.9. The number of aromatic nitrogens is 1. The molecule has 0 spiro atoms. The van der Waals surface area contributed by atoms with Gasteiger partial charge in [0.1, 0.15) is 58.4 Å². The molecule has 0 bridgehead atoms. The summed E-state index contributed by atoms with van der Waals surface area (Å²) in [5.41, 5.74) is -11.1. The SMILES string of the molecule is Fc1c(F)c(F)c([B-](c2c(F)c(F)c(F)c(F)c2F)(c2c(F)c(F)c(F)c(F)c2F)c2c(F)c(F)c(F)c(F)c2F)c(F)c1F.Oc1ccc(C[n+]2ccsc2)cc1. The molecular formula is C34H10BF20NOS. The van der Waals surface area contributed by atoms with Gasteiger partial charge in [-0.25, -0.2) is 87.8 Å². The molecule has 0 fully saturated rings. The van der Waals surface area contributed by atoms with Gasteiger partial charge in [-0.1, -0.05) is 11.3 Å². The normalized spacial score (nSPS) is 11.6. The number of phenolic OH excluding ortho intramolecular Hbond substituents is 1. The van der Waals surface area contributed by atoms with Crippen molar-refractivity contribution in [2.45, 2.75) is 6.54 Å². The van der Waals surface area contributed by atoms with Crippen LogP contribution in [0.15, 0.2) is 41.4 Å². The summed E-state index contributed by atoms with van der Waals surface area (Å²) in [4.78, 5) is 0. The van der Waals surface area contributed by atoms with Crippen molar-refractivity contribution in [1.82, 2.24) is 0 Å². The van der Waals surface area contributed by atoms with Crippen molar-refractivity contribution in [2.24, 2.45) is 0 Å². The first-order valence-electron chi connectivity index (χ1n) is 15.0. The maximum absolute atomic E-state index is 15.4. The molecule has 1 N–H and O–H groups in total. The van der Waals surface area contributed by atoms with Crippen molar-refractivity contribution in [3.63, 3.8) is 0 Å². The minimum Gasteiger partial charge on any atom is -0.508 e. The van der Waals surface area contributed by atoms with Crippen molar-refractivity contribution >= 4 is 39.3 Å². The lowest BCUT2D eigenvalue weighted by Crippen LogP contribution is -2.81. The molecule has 1 heterocycles. The molecule has 0 saturated heterocycles. The molecule has 0 radical (unpaired) electrons. The van der Waals surface area contributed by atoms with E-state index in [1.54, 1.807) is 23.5 Å². The van der Waals surface area contributed by atoms with E-state index in [4.69, 9.17) is 5.11 Å². The zero-order chi connectivity index (χ0) is 43.5. The van der Waals surface area contributed by atoms with E-state index in [-0.39, 0.29) is 0 Å². The fourth-order valence-electron chi connectivity index (χ4n) is 6.04. The van der Waals surface area contributed by atoms with Crippen LogP contribution in [0.3, 0.4) is 0 Å². The third-order valence-corrected chi connectivity index (χ3v) is 9.21. The van der Waals surface area contributed by atoms with Crippen LogP contribution in [0.5, 0.6) is 5.75 Å². The number of nitrogens with zero attached hydrogens (tertiary/aromatic N) is 1. The lowest BCUT2D eigenvalue weighted by Gasteiger charge is -2.44. The van der Waals surface area contributed by atoms with Crippen LogP contribution >= 0.6 is 11.3 Å². The van der Waals surface area contributed by atoms with Crippen molar-refractivity contribution < 1.29 is 97.5 Å². The van der Waals surface area contributed by atoms with Crippen LogP contribution in [0.1, 0.15) is 5.56 Å². The Balaban J connectivity index is 0.000000414. The van der Waals surface area contributed by atoms with Crippen molar-refractivity contribution in [3.8, 4) is 5.75 Å². The Bertz CT molecular complexity index is 2220. The molecule has 306 valence electrons. The van der Waals surface area contributed by atoms with Gasteiger partial charge >= 0.3 is 0 Å². The van der Waals surface area contributed by atoms with E-state index < -0.39 is 144 Å². The molecule has 0 amide bonds. The Morgan fingerprint density at radius 3 is 0.845 bits per heavy atom. The maximum atomic E-state index is 15.4. The van der Waals surface area contributed by atoms with E-state index in [0.717, 1.165) is 6.54 Å². The van der Waals surface area contributed by atoms with Gasteiger partial charge in [0.2, 0.25) is 5.51 Å². The highest BCUT2D eigenvalue weighted by molar-refractivity contribution is 7.20. The largest absolute Gasteiger partial charge is 0.508 e. The maximum Gasteiger partial charge on any atom is 0.224 e. The summed E-state index contributed by atoms with van der Waals surface area (Å²) in [7, 11) is 0. The number of hydrogen-bond acceptors (Lipinski definition) is 2. The number of benzene rings is 5. The van der Waals surface area contributed by atoms with Gasteiger partial charge < -0.3 is 5.11 Å². The molecule has 0 aliphatic rings. The van der Waals surface area contributed by atoms with Crippen LogP contribution in [0.25, 0.3) is 0 Å². The molecule has 5 aromatic carbocycles. The molecule has 0 unspecified atom stereocenters. The molecule has 58 heavy (non-hydrogen) atoms. The van der Waals surface area contributed by atoms with E-state index >= 15 is 35.1 Å². The van der Waals surface area contributed by atoms with Gasteiger partial charge in [-0.15, -0.1) is 21.9 Å². The number of halogens is 20. The Morgan fingerprint density at radius 1 is 0.379 bits per heavy atom. The van der Waals surface area contributed by atoms with Crippen LogP contribution in [0, 0.1) is 116 Å². The van der Waals surface area contributed by atoms with Gasteiger partial charge in [0.05, 0.1) is 5.38 Å².